The van der Waals surface area contributed by atoms with E-state index in [1.54, 1.807) is 0 Å². The number of hydrogen-bond acceptors (Lipinski definition) is 2. The van der Waals surface area contributed by atoms with Crippen molar-refractivity contribution in [2.24, 2.45) is 5.92 Å². The molecular weight excluding hydrogens is 312 g/mol. The molecule has 3 rings (SSSR count). The van der Waals surface area contributed by atoms with Gasteiger partial charge in [-0.05, 0) is 36.8 Å². The Hall–Kier alpha value is -0.380. The van der Waals surface area contributed by atoms with Gasteiger partial charge in [0, 0.05) is 36.2 Å². The van der Waals surface area contributed by atoms with Gasteiger partial charge >= 0.3 is 0 Å². The minimum absolute atomic E-state index is 0.678. The molecule has 20 heavy (non-hydrogen) atoms. The summed E-state index contributed by atoms with van der Waals surface area (Å²) < 4.78 is 1.25. The van der Waals surface area contributed by atoms with Gasteiger partial charge in [0.25, 0.3) is 0 Å². The summed E-state index contributed by atoms with van der Waals surface area (Å²) in [4.78, 5) is 2.73. The van der Waals surface area contributed by atoms with Crippen molar-refractivity contribution in [2.75, 3.05) is 13.1 Å². The van der Waals surface area contributed by atoms with Gasteiger partial charge in [-0.25, -0.2) is 0 Å². The Kier molecular flexibility index (Phi) is 4.79. The Morgan fingerprint density at radius 1 is 1.30 bits per heavy atom. The van der Waals surface area contributed by atoms with E-state index < -0.39 is 0 Å². The summed E-state index contributed by atoms with van der Waals surface area (Å²) in [6.45, 7) is 5.76. The summed E-state index contributed by atoms with van der Waals surface area (Å²) in [6, 6.07) is 10.1. The average Bonchev–Trinajstić information content (AvgIpc) is 3.27. The van der Waals surface area contributed by atoms with Gasteiger partial charge in [0.15, 0.2) is 0 Å². The highest BCUT2D eigenvalue weighted by Gasteiger charge is 2.38. The number of nitrogens with zero attached hydrogens (tertiary/aromatic N) is 1. The minimum Gasteiger partial charge on any atom is -0.311 e. The molecule has 1 aliphatic carbocycles. The summed E-state index contributed by atoms with van der Waals surface area (Å²) in [5, 5.41) is 3.77. The van der Waals surface area contributed by atoms with Crippen LogP contribution in [0.25, 0.3) is 0 Å². The van der Waals surface area contributed by atoms with Crippen molar-refractivity contribution in [1.82, 2.24) is 10.2 Å². The summed E-state index contributed by atoms with van der Waals surface area (Å²) in [6.07, 6.45) is 5.42. The monoisotopic (exact) mass is 336 g/mol. The predicted octanol–water partition coefficient (Wildman–Crippen LogP) is 3.80. The smallest absolute Gasteiger partial charge is 0.0253 e. The van der Waals surface area contributed by atoms with Crippen LogP contribution in [0.3, 0.4) is 0 Å². The van der Waals surface area contributed by atoms with E-state index in [9.17, 15) is 0 Å². The molecule has 0 bridgehead atoms. The molecule has 0 aromatic heterocycles. The Bertz CT molecular complexity index is 444. The molecule has 2 nitrogen and oxygen atoms in total. The van der Waals surface area contributed by atoms with E-state index in [2.05, 4.69) is 57.3 Å². The fourth-order valence-electron chi connectivity index (χ4n) is 3.41. The van der Waals surface area contributed by atoms with Crippen LogP contribution in [0, 0.1) is 5.92 Å². The molecule has 0 spiro atoms. The van der Waals surface area contributed by atoms with Gasteiger partial charge in [0.2, 0.25) is 0 Å². The molecule has 1 saturated carbocycles. The Labute approximate surface area is 131 Å². The number of piperazine rings is 1. The van der Waals surface area contributed by atoms with E-state index in [0.29, 0.717) is 6.04 Å². The number of nitrogens with one attached hydrogen (secondary N) is 1. The van der Waals surface area contributed by atoms with Crippen LogP contribution in [-0.2, 0) is 6.54 Å². The second-order valence-electron chi connectivity index (χ2n) is 6.32. The molecule has 0 radical (unpaired) electrons. The van der Waals surface area contributed by atoms with Crippen LogP contribution in [0.15, 0.2) is 28.7 Å². The lowest BCUT2D eigenvalue weighted by atomic mass is 10.0. The number of rotatable bonds is 5. The third kappa shape index (κ3) is 3.44. The normalized spacial score (nSPS) is 27.7. The Morgan fingerprint density at radius 3 is 2.80 bits per heavy atom. The van der Waals surface area contributed by atoms with Crippen LogP contribution >= 0.6 is 15.9 Å². The molecule has 2 fully saturated rings. The first-order valence-electron chi connectivity index (χ1n) is 7.98. The molecule has 1 saturated heterocycles. The zero-order chi connectivity index (χ0) is 13.9. The van der Waals surface area contributed by atoms with Gasteiger partial charge < -0.3 is 5.32 Å². The average molecular weight is 337 g/mol. The standard InChI is InChI=1S/C17H25BrN2/c1-2-5-15-12-20(17(10-19-15)13-8-9-13)11-14-6-3-4-7-16(14)18/h3-4,6-7,13,15,17,19H,2,5,8-12H2,1H3. The van der Waals surface area contributed by atoms with E-state index in [4.69, 9.17) is 0 Å². The molecule has 1 heterocycles. The summed E-state index contributed by atoms with van der Waals surface area (Å²) >= 11 is 3.70. The topological polar surface area (TPSA) is 15.3 Å². The van der Waals surface area contributed by atoms with E-state index in [0.717, 1.165) is 18.5 Å². The lowest BCUT2D eigenvalue weighted by Crippen LogP contribution is -2.56. The third-order valence-corrected chi connectivity index (χ3v) is 5.45. The fraction of sp³-hybridized carbons (Fsp3) is 0.647. The minimum atomic E-state index is 0.678. The van der Waals surface area contributed by atoms with E-state index in [1.807, 2.05) is 0 Å². The molecule has 1 N–H and O–H groups in total. The number of hydrogen-bond donors (Lipinski definition) is 1. The van der Waals surface area contributed by atoms with E-state index in [-0.39, 0.29) is 0 Å². The molecule has 0 amide bonds. The second kappa shape index (κ2) is 6.59. The molecule has 1 aromatic rings. The first kappa shape index (κ1) is 14.6. The molecule has 1 aromatic carbocycles. The van der Waals surface area contributed by atoms with Crippen molar-refractivity contribution < 1.29 is 0 Å². The zero-order valence-corrected chi connectivity index (χ0v) is 13.9. The maximum absolute atomic E-state index is 3.77. The van der Waals surface area contributed by atoms with Crippen LogP contribution in [0.5, 0.6) is 0 Å². The summed E-state index contributed by atoms with van der Waals surface area (Å²) in [7, 11) is 0. The van der Waals surface area contributed by atoms with Gasteiger partial charge in [-0.15, -0.1) is 0 Å². The van der Waals surface area contributed by atoms with Crippen molar-refractivity contribution in [3.05, 3.63) is 34.3 Å². The highest BCUT2D eigenvalue weighted by atomic mass is 79.9. The lowest BCUT2D eigenvalue weighted by molar-refractivity contribution is 0.104. The number of benzene rings is 1. The molecule has 2 atom stereocenters. The maximum Gasteiger partial charge on any atom is 0.0253 e. The molecule has 3 heteroatoms. The first-order chi connectivity index (χ1) is 9.78. The Balaban J connectivity index is 1.70. The molecule has 1 aliphatic heterocycles. The van der Waals surface area contributed by atoms with Gasteiger partial charge in [-0.3, -0.25) is 4.90 Å². The third-order valence-electron chi connectivity index (χ3n) is 4.67. The van der Waals surface area contributed by atoms with Crippen molar-refractivity contribution in [3.63, 3.8) is 0 Å². The van der Waals surface area contributed by atoms with E-state index >= 15 is 0 Å². The van der Waals surface area contributed by atoms with Crippen molar-refractivity contribution in [1.29, 1.82) is 0 Å². The lowest BCUT2D eigenvalue weighted by Gasteiger charge is -2.41. The maximum atomic E-state index is 3.77. The molecule has 2 unspecified atom stereocenters. The van der Waals surface area contributed by atoms with Crippen LogP contribution in [0.1, 0.15) is 38.2 Å². The summed E-state index contributed by atoms with van der Waals surface area (Å²) in [5.74, 6) is 0.938. The van der Waals surface area contributed by atoms with E-state index in [1.165, 1.54) is 48.8 Å². The predicted molar refractivity (Wildman–Crippen MR) is 87.8 cm³/mol. The quantitative estimate of drug-likeness (QED) is 0.879. The SMILES string of the molecule is CCCC1CN(Cc2ccccc2Br)C(C2CC2)CN1. The zero-order valence-electron chi connectivity index (χ0n) is 12.3. The second-order valence-corrected chi connectivity index (χ2v) is 7.17. The Morgan fingerprint density at radius 2 is 2.10 bits per heavy atom. The van der Waals surface area contributed by atoms with Crippen LogP contribution in [0.4, 0.5) is 0 Å². The van der Waals surface area contributed by atoms with Crippen LogP contribution < -0.4 is 5.32 Å². The van der Waals surface area contributed by atoms with Crippen molar-refractivity contribution in [3.8, 4) is 0 Å². The molecule has 110 valence electrons. The molecular formula is C17H25BrN2. The molecule has 2 aliphatic rings. The number of halogens is 1. The highest BCUT2D eigenvalue weighted by molar-refractivity contribution is 9.10. The van der Waals surface area contributed by atoms with Crippen molar-refractivity contribution in [2.45, 2.75) is 51.2 Å². The van der Waals surface area contributed by atoms with Crippen LogP contribution in [-0.4, -0.2) is 30.1 Å². The van der Waals surface area contributed by atoms with Gasteiger partial charge in [0.05, 0.1) is 0 Å². The van der Waals surface area contributed by atoms with Gasteiger partial charge in [-0.1, -0.05) is 47.5 Å². The highest BCUT2D eigenvalue weighted by Crippen LogP contribution is 2.37. The van der Waals surface area contributed by atoms with Gasteiger partial charge in [0.1, 0.15) is 0 Å². The largest absolute Gasteiger partial charge is 0.311 e. The summed E-state index contributed by atoms with van der Waals surface area (Å²) in [5.41, 5.74) is 1.43. The van der Waals surface area contributed by atoms with Crippen LogP contribution in [0.2, 0.25) is 0 Å². The van der Waals surface area contributed by atoms with Gasteiger partial charge in [-0.2, -0.15) is 0 Å². The fourth-order valence-corrected chi connectivity index (χ4v) is 3.82. The van der Waals surface area contributed by atoms with Crippen molar-refractivity contribution >= 4 is 15.9 Å². The first-order valence-corrected chi connectivity index (χ1v) is 8.78.